The number of fused-ring (bicyclic) bond motifs is 1. The fraction of sp³-hybridized carbons (Fsp3) is 0.136. The third kappa shape index (κ3) is 4.40. The van der Waals surface area contributed by atoms with Crippen molar-refractivity contribution < 1.29 is 23.1 Å². The zero-order chi connectivity index (χ0) is 22.9. The number of hydrogen-bond donors (Lipinski definition) is 2. The highest BCUT2D eigenvalue weighted by molar-refractivity contribution is 7.99. The van der Waals surface area contributed by atoms with Crippen LogP contribution in [0.25, 0.3) is 22.2 Å². The summed E-state index contributed by atoms with van der Waals surface area (Å²) in [7, 11) is 1.68. The number of thioether (sulfide) groups is 1. The van der Waals surface area contributed by atoms with Gasteiger partial charge in [-0.25, -0.2) is 0 Å². The lowest BCUT2D eigenvalue weighted by atomic mass is 10.1. The Kier molecular flexibility index (Phi) is 5.79. The molecule has 4 rings (SSSR count). The number of alkyl halides is 3. The predicted octanol–water partition coefficient (Wildman–Crippen LogP) is 5.09. The molecule has 164 valence electrons. The highest BCUT2D eigenvalue weighted by Gasteiger charge is 2.33. The first-order valence-electron chi connectivity index (χ1n) is 9.44. The van der Waals surface area contributed by atoms with E-state index in [2.05, 4.69) is 15.5 Å². The molecule has 10 heteroatoms. The number of para-hydroxylation sites is 1. The Morgan fingerprint density at radius 1 is 1.06 bits per heavy atom. The number of carbonyl (C=O) groups is 1. The van der Waals surface area contributed by atoms with Gasteiger partial charge < -0.3 is 15.0 Å². The van der Waals surface area contributed by atoms with Crippen LogP contribution in [0.2, 0.25) is 0 Å². The first-order valence-corrected chi connectivity index (χ1v) is 10.4. The van der Waals surface area contributed by atoms with E-state index in [9.17, 15) is 23.1 Å². The number of nitrogens with zero attached hydrogens (tertiary/aromatic N) is 3. The van der Waals surface area contributed by atoms with Gasteiger partial charge in [-0.1, -0.05) is 48.2 Å². The molecule has 0 saturated carbocycles. The zero-order valence-corrected chi connectivity index (χ0v) is 17.5. The van der Waals surface area contributed by atoms with E-state index < -0.39 is 17.6 Å². The van der Waals surface area contributed by atoms with Crippen LogP contribution in [0.15, 0.2) is 65.8 Å². The van der Waals surface area contributed by atoms with Crippen LogP contribution in [0.3, 0.4) is 0 Å². The SMILES string of the molecule is Cn1c(SCC(=O)Nc2ccccc2C(F)(F)F)nnc1-c1cc2ccccc2cc1O. The molecule has 6 nitrogen and oxygen atoms in total. The van der Waals surface area contributed by atoms with Gasteiger partial charge in [-0.05, 0) is 35.0 Å². The second-order valence-corrected chi connectivity index (χ2v) is 7.90. The van der Waals surface area contributed by atoms with Gasteiger partial charge in [0.1, 0.15) is 5.75 Å². The van der Waals surface area contributed by atoms with Gasteiger partial charge in [-0.2, -0.15) is 13.2 Å². The molecular weight excluding hydrogens is 441 g/mol. The van der Waals surface area contributed by atoms with Crippen LogP contribution in [-0.2, 0) is 18.0 Å². The maximum Gasteiger partial charge on any atom is 0.418 e. The van der Waals surface area contributed by atoms with Crippen LogP contribution in [0.4, 0.5) is 18.9 Å². The number of aromatic nitrogens is 3. The van der Waals surface area contributed by atoms with Gasteiger partial charge in [0.25, 0.3) is 0 Å². The first kappa shape index (κ1) is 21.7. The number of benzene rings is 3. The number of amides is 1. The van der Waals surface area contributed by atoms with Crippen LogP contribution in [0.1, 0.15) is 5.56 Å². The summed E-state index contributed by atoms with van der Waals surface area (Å²) in [4.78, 5) is 12.3. The minimum Gasteiger partial charge on any atom is -0.507 e. The standard InChI is InChI=1S/C22H17F3N4O2S/c1-29-20(15-10-13-6-2-3-7-14(13)11-18(15)30)27-28-21(29)32-12-19(31)26-17-9-5-4-8-16(17)22(23,24)25/h2-11,30H,12H2,1H3,(H,26,31). The van der Waals surface area contributed by atoms with Crippen molar-refractivity contribution in [3.63, 3.8) is 0 Å². The van der Waals surface area contributed by atoms with Crippen molar-refractivity contribution in [2.45, 2.75) is 11.3 Å². The largest absolute Gasteiger partial charge is 0.507 e. The Labute approximate surface area is 185 Å². The molecule has 2 N–H and O–H groups in total. The van der Waals surface area contributed by atoms with Crippen molar-refractivity contribution in [1.29, 1.82) is 0 Å². The van der Waals surface area contributed by atoms with E-state index in [0.717, 1.165) is 28.6 Å². The molecule has 0 aliphatic rings. The molecule has 1 aromatic heterocycles. The van der Waals surface area contributed by atoms with Crippen LogP contribution >= 0.6 is 11.8 Å². The molecule has 1 amide bonds. The van der Waals surface area contributed by atoms with E-state index in [4.69, 9.17) is 0 Å². The van der Waals surface area contributed by atoms with Crippen molar-refractivity contribution in [2.75, 3.05) is 11.1 Å². The summed E-state index contributed by atoms with van der Waals surface area (Å²) >= 11 is 1.03. The lowest BCUT2D eigenvalue weighted by Gasteiger charge is -2.13. The Hall–Kier alpha value is -3.53. The fourth-order valence-corrected chi connectivity index (χ4v) is 3.95. The second kappa shape index (κ2) is 8.54. The summed E-state index contributed by atoms with van der Waals surface area (Å²) in [6.45, 7) is 0. The number of phenols is 1. The molecule has 1 heterocycles. The van der Waals surface area contributed by atoms with E-state index in [0.29, 0.717) is 16.5 Å². The number of nitrogens with one attached hydrogen (secondary N) is 1. The monoisotopic (exact) mass is 458 g/mol. The zero-order valence-electron chi connectivity index (χ0n) is 16.7. The van der Waals surface area contributed by atoms with E-state index in [1.54, 1.807) is 23.7 Å². The van der Waals surface area contributed by atoms with Gasteiger partial charge in [0.15, 0.2) is 11.0 Å². The van der Waals surface area contributed by atoms with E-state index >= 15 is 0 Å². The highest BCUT2D eigenvalue weighted by Crippen LogP contribution is 2.35. The molecule has 0 unspecified atom stereocenters. The molecule has 0 saturated heterocycles. The summed E-state index contributed by atoms with van der Waals surface area (Å²) in [5.74, 6) is -0.331. The average molecular weight is 458 g/mol. The molecule has 32 heavy (non-hydrogen) atoms. The van der Waals surface area contributed by atoms with Crippen LogP contribution in [0.5, 0.6) is 5.75 Å². The number of rotatable bonds is 5. The molecule has 0 spiro atoms. The van der Waals surface area contributed by atoms with Crippen molar-refractivity contribution in [3.8, 4) is 17.1 Å². The Balaban J connectivity index is 1.50. The number of phenolic OH excluding ortho intramolecular Hbond substituents is 1. The molecule has 3 aromatic carbocycles. The van der Waals surface area contributed by atoms with Gasteiger partial charge >= 0.3 is 6.18 Å². The third-order valence-corrected chi connectivity index (χ3v) is 5.80. The number of hydrogen-bond acceptors (Lipinski definition) is 5. The molecule has 0 aliphatic heterocycles. The number of carbonyl (C=O) groups excluding carboxylic acids is 1. The van der Waals surface area contributed by atoms with E-state index in [-0.39, 0.29) is 17.2 Å². The van der Waals surface area contributed by atoms with Crippen molar-refractivity contribution in [2.24, 2.45) is 7.05 Å². The second-order valence-electron chi connectivity index (χ2n) is 6.96. The van der Waals surface area contributed by atoms with Gasteiger partial charge in [-0.3, -0.25) is 4.79 Å². The molecule has 0 aliphatic carbocycles. The fourth-order valence-electron chi connectivity index (χ4n) is 3.24. The molecular formula is C22H17F3N4O2S. The van der Waals surface area contributed by atoms with E-state index in [1.165, 1.54) is 18.2 Å². The summed E-state index contributed by atoms with van der Waals surface area (Å²) < 4.78 is 40.9. The molecule has 0 radical (unpaired) electrons. The maximum atomic E-state index is 13.1. The maximum absolute atomic E-state index is 13.1. The quantitative estimate of drug-likeness (QED) is 0.407. The van der Waals surface area contributed by atoms with Crippen LogP contribution in [-0.4, -0.2) is 31.5 Å². The van der Waals surface area contributed by atoms with Crippen molar-refractivity contribution >= 4 is 34.1 Å². The Morgan fingerprint density at radius 3 is 2.44 bits per heavy atom. The van der Waals surface area contributed by atoms with Crippen molar-refractivity contribution in [3.05, 3.63) is 66.2 Å². The molecule has 0 bridgehead atoms. The van der Waals surface area contributed by atoms with Crippen LogP contribution < -0.4 is 5.32 Å². The Morgan fingerprint density at radius 2 is 1.72 bits per heavy atom. The first-order chi connectivity index (χ1) is 15.2. The van der Waals surface area contributed by atoms with E-state index in [1.807, 2.05) is 24.3 Å². The smallest absolute Gasteiger partial charge is 0.418 e. The lowest BCUT2D eigenvalue weighted by Crippen LogP contribution is -2.18. The van der Waals surface area contributed by atoms with Gasteiger partial charge in [0.2, 0.25) is 5.91 Å². The third-order valence-electron chi connectivity index (χ3n) is 4.78. The molecule has 4 aromatic rings. The van der Waals surface area contributed by atoms with Gasteiger partial charge in [-0.15, -0.1) is 10.2 Å². The summed E-state index contributed by atoms with van der Waals surface area (Å²) in [5, 5.41) is 23.1. The van der Waals surface area contributed by atoms with Crippen LogP contribution in [0, 0.1) is 0 Å². The summed E-state index contributed by atoms with van der Waals surface area (Å²) in [6, 6.07) is 15.8. The van der Waals surface area contributed by atoms with Gasteiger partial charge in [0, 0.05) is 7.05 Å². The molecule has 0 fully saturated rings. The average Bonchev–Trinajstić information content (AvgIpc) is 3.11. The van der Waals surface area contributed by atoms with Crippen molar-refractivity contribution in [1.82, 2.24) is 14.8 Å². The predicted molar refractivity (Wildman–Crippen MR) is 116 cm³/mol. The molecule has 0 atom stereocenters. The minimum absolute atomic E-state index is 0.0391. The summed E-state index contributed by atoms with van der Waals surface area (Å²) in [6.07, 6.45) is -4.57. The lowest BCUT2D eigenvalue weighted by molar-refractivity contribution is -0.137. The topological polar surface area (TPSA) is 80.0 Å². The number of aromatic hydroxyl groups is 1. The van der Waals surface area contributed by atoms with Gasteiger partial charge in [0.05, 0.1) is 22.6 Å². The minimum atomic E-state index is -4.57. The summed E-state index contributed by atoms with van der Waals surface area (Å²) in [5.41, 5.74) is -0.731. The number of halogens is 3. The number of anilines is 1. The highest BCUT2D eigenvalue weighted by atomic mass is 32.2. The Bertz CT molecular complexity index is 1300. The normalized spacial score (nSPS) is 11.6.